The van der Waals surface area contributed by atoms with Gasteiger partial charge in [0.15, 0.2) is 0 Å². The van der Waals surface area contributed by atoms with E-state index in [1.807, 2.05) is 18.2 Å². The van der Waals surface area contributed by atoms with E-state index in [-0.39, 0.29) is 10.9 Å². The zero-order chi connectivity index (χ0) is 15.4. The summed E-state index contributed by atoms with van der Waals surface area (Å²) >= 11 is 10.8. The minimum atomic E-state index is -0.176. The van der Waals surface area contributed by atoms with Gasteiger partial charge in [0.1, 0.15) is 10.7 Å². The number of hydrogen-bond donors (Lipinski definition) is 1. The van der Waals surface area contributed by atoms with Crippen molar-refractivity contribution in [3.05, 3.63) is 64.4 Å². The number of rotatable bonds is 4. The van der Waals surface area contributed by atoms with Crippen LogP contribution < -0.4 is 5.73 Å². The molecule has 1 aromatic heterocycles. The van der Waals surface area contributed by atoms with E-state index in [1.54, 1.807) is 30.1 Å². The summed E-state index contributed by atoms with van der Waals surface area (Å²) in [6.07, 6.45) is 1.50. The van der Waals surface area contributed by atoms with Crippen molar-refractivity contribution in [2.24, 2.45) is 5.73 Å². The fraction of sp³-hybridized carbons (Fsp3) is 0.133. The van der Waals surface area contributed by atoms with E-state index in [9.17, 15) is 4.79 Å². The average Bonchev–Trinajstić information content (AvgIpc) is 2.46. The van der Waals surface area contributed by atoms with E-state index < -0.39 is 0 Å². The molecule has 6 heteroatoms. The molecule has 1 aromatic carbocycles. The highest BCUT2D eigenvalue weighted by Crippen LogP contribution is 2.13. The molecule has 0 atom stereocenters. The van der Waals surface area contributed by atoms with E-state index in [0.29, 0.717) is 22.8 Å². The van der Waals surface area contributed by atoms with Gasteiger partial charge in [-0.05, 0) is 29.8 Å². The van der Waals surface area contributed by atoms with E-state index in [1.165, 1.54) is 6.20 Å². The average molecular weight is 320 g/mol. The van der Waals surface area contributed by atoms with Crippen LogP contribution in [0.1, 0.15) is 21.6 Å². The predicted molar refractivity (Wildman–Crippen MR) is 87.4 cm³/mol. The number of nitrogens with zero attached hydrogens (tertiary/aromatic N) is 2. The summed E-state index contributed by atoms with van der Waals surface area (Å²) in [5.74, 6) is -0.176. The Labute approximate surface area is 133 Å². The Kier molecular flexibility index (Phi) is 4.88. The lowest BCUT2D eigenvalue weighted by atomic mass is 10.2. The maximum Gasteiger partial charge on any atom is 0.272 e. The van der Waals surface area contributed by atoms with Crippen molar-refractivity contribution in [1.29, 1.82) is 0 Å². The molecule has 108 valence electrons. The molecule has 1 amide bonds. The minimum absolute atomic E-state index is 0.176. The van der Waals surface area contributed by atoms with Crippen molar-refractivity contribution in [3.63, 3.8) is 0 Å². The largest absolute Gasteiger partial charge is 0.389 e. The monoisotopic (exact) mass is 319 g/mol. The van der Waals surface area contributed by atoms with Crippen LogP contribution in [0.4, 0.5) is 0 Å². The third-order valence-corrected chi connectivity index (χ3v) is 3.39. The highest BCUT2D eigenvalue weighted by atomic mass is 35.5. The lowest BCUT2D eigenvalue weighted by molar-refractivity contribution is 0.0779. The van der Waals surface area contributed by atoms with Gasteiger partial charge in [0.25, 0.3) is 5.91 Å². The maximum absolute atomic E-state index is 12.3. The molecule has 0 fully saturated rings. The fourth-order valence-electron chi connectivity index (χ4n) is 1.84. The van der Waals surface area contributed by atoms with Gasteiger partial charge in [0.2, 0.25) is 0 Å². The van der Waals surface area contributed by atoms with Gasteiger partial charge >= 0.3 is 0 Å². The Morgan fingerprint density at radius 1 is 1.38 bits per heavy atom. The Morgan fingerprint density at radius 3 is 2.71 bits per heavy atom. The first-order valence-corrected chi connectivity index (χ1v) is 7.02. The van der Waals surface area contributed by atoms with Crippen molar-refractivity contribution < 1.29 is 4.79 Å². The summed E-state index contributed by atoms with van der Waals surface area (Å²) in [6, 6.07) is 10.7. The highest BCUT2D eigenvalue weighted by molar-refractivity contribution is 7.80. The number of thiocarbonyl (C=S) groups is 1. The normalized spacial score (nSPS) is 10.2. The molecule has 0 saturated heterocycles. The summed E-state index contributed by atoms with van der Waals surface area (Å²) in [6.45, 7) is 0.456. The van der Waals surface area contributed by atoms with Gasteiger partial charge < -0.3 is 10.6 Å². The molecule has 21 heavy (non-hydrogen) atoms. The van der Waals surface area contributed by atoms with Gasteiger partial charge in [-0.15, -0.1) is 0 Å². The summed E-state index contributed by atoms with van der Waals surface area (Å²) in [5.41, 5.74) is 7.44. The standard InChI is InChI=1S/C15H14ClN3OS/c1-19(9-10-3-2-4-12(16)7-10)15(20)13-6-5-11(8-18-13)14(17)21/h2-8H,9H2,1H3,(H2,17,21). The maximum atomic E-state index is 12.3. The molecular weight excluding hydrogens is 306 g/mol. The summed E-state index contributed by atoms with van der Waals surface area (Å²) in [7, 11) is 1.71. The van der Waals surface area contributed by atoms with Crippen molar-refractivity contribution in [1.82, 2.24) is 9.88 Å². The molecule has 0 radical (unpaired) electrons. The molecule has 1 heterocycles. The number of nitrogens with two attached hydrogens (primary N) is 1. The number of amides is 1. The molecule has 0 spiro atoms. The van der Waals surface area contributed by atoms with Gasteiger partial charge in [-0.3, -0.25) is 9.78 Å². The Balaban J connectivity index is 2.10. The molecule has 4 nitrogen and oxygen atoms in total. The van der Waals surface area contributed by atoms with Crippen LogP contribution in [-0.2, 0) is 6.54 Å². The molecule has 0 aliphatic heterocycles. The van der Waals surface area contributed by atoms with Gasteiger partial charge in [-0.1, -0.05) is 36.0 Å². The number of benzene rings is 1. The van der Waals surface area contributed by atoms with Crippen LogP contribution in [0.15, 0.2) is 42.6 Å². The van der Waals surface area contributed by atoms with Crippen molar-refractivity contribution in [2.45, 2.75) is 6.54 Å². The van der Waals surface area contributed by atoms with Crippen molar-refractivity contribution >= 4 is 34.7 Å². The molecule has 0 bridgehead atoms. The first-order valence-electron chi connectivity index (χ1n) is 6.23. The van der Waals surface area contributed by atoms with Crippen LogP contribution in [-0.4, -0.2) is 27.8 Å². The Morgan fingerprint density at radius 2 is 2.14 bits per heavy atom. The number of pyridine rings is 1. The molecule has 2 N–H and O–H groups in total. The number of carbonyl (C=O) groups is 1. The molecular formula is C15H14ClN3OS. The second kappa shape index (κ2) is 6.65. The first kappa shape index (κ1) is 15.4. The van der Waals surface area contributed by atoms with Gasteiger partial charge in [-0.2, -0.15) is 0 Å². The van der Waals surface area contributed by atoms with E-state index in [4.69, 9.17) is 29.6 Å². The van der Waals surface area contributed by atoms with Gasteiger partial charge in [-0.25, -0.2) is 0 Å². The molecule has 0 unspecified atom stereocenters. The minimum Gasteiger partial charge on any atom is -0.389 e. The lowest BCUT2D eigenvalue weighted by Crippen LogP contribution is -2.27. The first-order chi connectivity index (χ1) is 9.97. The SMILES string of the molecule is CN(Cc1cccc(Cl)c1)C(=O)c1ccc(C(N)=S)cn1. The van der Waals surface area contributed by atoms with Gasteiger partial charge in [0.05, 0.1) is 0 Å². The molecule has 2 rings (SSSR count). The zero-order valence-corrected chi connectivity index (χ0v) is 13.0. The van der Waals surface area contributed by atoms with Crippen LogP contribution in [0.3, 0.4) is 0 Å². The van der Waals surface area contributed by atoms with Gasteiger partial charge in [0, 0.05) is 30.4 Å². The second-order valence-electron chi connectivity index (χ2n) is 4.59. The third kappa shape index (κ3) is 4.00. The smallest absolute Gasteiger partial charge is 0.272 e. The van der Waals surface area contributed by atoms with Crippen molar-refractivity contribution in [3.8, 4) is 0 Å². The topological polar surface area (TPSA) is 59.2 Å². The van der Waals surface area contributed by atoms with Crippen LogP contribution in [0.2, 0.25) is 5.02 Å². The predicted octanol–water partition coefficient (Wildman–Crippen LogP) is 2.64. The van der Waals surface area contributed by atoms with Crippen molar-refractivity contribution in [2.75, 3.05) is 7.05 Å². The molecule has 0 saturated carbocycles. The van der Waals surface area contributed by atoms with Crippen LogP contribution >= 0.6 is 23.8 Å². The lowest BCUT2D eigenvalue weighted by Gasteiger charge is -2.17. The quantitative estimate of drug-likeness (QED) is 0.880. The van der Waals surface area contributed by atoms with E-state index in [2.05, 4.69) is 4.98 Å². The van der Waals surface area contributed by atoms with Crippen LogP contribution in [0.25, 0.3) is 0 Å². The number of carbonyl (C=O) groups excluding carboxylic acids is 1. The summed E-state index contributed by atoms with van der Waals surface area (Å²) in [4.78, 5) is 18.2. The number of hydrogen-bond acceptors (Lipinski definition) is 3. The van der Waals surface area contributed by atoms with E-state index >= 15 is 0 Å². The number of halogens is 1. The van der Waals surface area contributed by atoms with E-state index in [0.717, 1.165) is 5.56 Å². The third-order valence-electron chi connectivity index (χ3n) is 2.92. The summed E-state index contributed by atoms with van der Waals surface area (Å²) < 4.78 is 0. The molecule has 0 aliphatic carbocycles. The highest BCUT2D eigenvalue weighted by Gasteiger charge is 2.13. The number of aromatic nitrogens is 1. The van der Waals surface area contributed by atoms with Crippen LogP contribution in [0.5, 0.6) is 0 Å². The Hall–Kier alpha value is -1.98. The van der Waals surface area contributed by atoms with Crippen LogP contribution in [0, 0.1) is 0 Å². The zero-order valence-electron chi connectivity index (χ0n) is 11.4. The summed E-state index contributed by atoms with van der Waals surface area (Å²) in [5, 5.41) is 0.646. The fourth-order valence-corrected chi connectivity index (χ4v) is 2.18. The second-order valence-corrected chi connectivity index (χ2v) is 5.46. The Bertz CT molecular complexity index is 673. The molecule has 0 aliphatic rings. The molecule has 2 aromatic rings.